The van der Waals surface area contributed by atoms with Crippen LogP contribution in [-0.4, -0.2) is 22.1 Å². The van der Waals surface area contributed by atoms with Crippen LogP contribution < -0.4 is 9.46 Å². The lowest BCUT2D eigenvalue weighted by Crippen LogP contribution is -2.26. The molecule has 0 saturated heterocycles. The number of nitrogens with one attached hydrogen (secondary N) is 1. The molecule has 2 aromatic carbocycles. The Hall–Kier alpha value is -1.27. The average Bonchev–Trinajstić information content (AvgIpc) is 2.50. The zero-order chi connectivity index (χ0) is 16.2. The highest BCUT2D eigenvalue weighted by atomic mass is 35.5. The van der Waals surface area contributed by atoms with E-state index in [0.717, 1.165) is 11.3 Å². The van der Waals surface area contributed by atoms with Crippen LogP contribution in [0.1, 0.15) is 5.56 Å². The molecule has 7 heteroatoms. The van der Waals surface area contributed by atoms with Gasteiger partial charge in [-0.3, -0.25) is 0 Å². The van der Waals surface area contributed by atoms with Crippen molar-refractivity contribution in [3.05, 3.63) is 58.1 Å². The van der Waals surface area contributed by atoms with Gasteiger partial charge in [-0.25, -0.2) is 13.1 Å². The third kappa shape index (κ3) is 4.36. The Morgan fingerprint density at radius 1 is 1.09 bits per heavy atom. The lowest BCUT2D eigenvalue weighted by atomic mass is 10.1. The summed E-state index contributed by atoms with van der Waals surface area (Å²) in [5, 5.41) is 0.523. The van der Waals surface area contributed by atoms with Crippen LogP contribution in [0.25, 0.3) is 0 Å². The Labute approximate surface area is 140 Å². The normalized spacial score (nSPS) is 11.4. The van der Waals surface area contributed by atoms with E-state index in [9.17, 15) is 8.42 Å². The van der Waals surface area contributed by atoms with Crippen molar-refractivity contribution < 1.29 is 13.2 Å². The minimum Gasteiger partial charge on any atom is -0.497 e. The van der Waals surface area contributed by atoms with E-state index in [1.165, 1.54) is 18.2 Å². The van der Waals surface area contributed by atoms with Gasteiger partial charge in [0.15, 0.2) is 0 Å². The molecule has 0 aliphatic heterocycles. The van der Waals surface area contributed by atoms with Crippen LogP contribution in [0.2, 0.25) is 10.0 Å². The summed E-state index contributed by atoms with van der Waals surface area (Å²) >= 11 is 11.6. The van der Waals surface area contributed by atoms with Crippen molar-refractivity contribution in [1.82, 2.24) is 4.72 Å². The van der Waals surface area contributed by atoms with Gasteiger partial charge in [0.1, 0.15) is 5.75 Å². The molecular formula is C15H15Cl2NO3S. The van der Waals surface area contributed by atoms with E-state index < -0.39 is 10.0 Å². The second kappa shape index (κ2) is 7.33. The van der Waals surface area contributed by atoms with Crippen LogP contribution in [0, 0.1) is 0 Å². The number of hydrogen-bond acceptors (Lipinski definition) is 3. The summed E-state index contributed by atoms with van der Waals surface area (Å²) in [7, 11) is -2.02. The Kier molecular flexibility index (Phi) is 5.69. The van der Waals surface area contributed by atoms with Crippen LogP contribution >= 0.6 is 23.2 Å². The van der Waals surface area contributed by atoms with Gasteiger partial charge >= 0.3 is 0 Å². The van der Waals surface area contributed by atoms with Gasteiger partial charge in [-0.05, 0) is 42.3 Å². The first-order valence-electron chi connectivity index (χ1n) is 6.50. The number of halogens is 2. The maximum Gasteiger partial charge on any atom is 0.240 e. The first kappa shape index (κ1) is 17.1. The highest BCUT2D eigenvalue weighted by Gasteiger charge is 2.14. The molecule has 0 aliphatic rings. The Morgan fingerprint density at radius 3 is 2.55 bits per heavy atom. The molecule has 0 saturated carbocycles. The van der Waals surface area contributed by atoms with E-state index in [4.69, 9.17) is 27.9 Å². The predicted octanol–water partition coefficient (Wildman–Crippen LogP) is 3.52. The molecule has 2 rings (SSSR count). The molecule has 0 amide bonds. The number of hydrogen-bond donors (Lipinski definition) is 1. The maximum absolute atomic E-state index is 12.2. The SMILES string of the molecule is COc1cccc(CCNS(=O)(=O)c2ccc(Cl)c(Cl)c2)c1. The van der Waals surface area contributed by atoms with E-state index in [1.54, 1.807) is 7.11 Å². The van der Waals surface area contributed by atoms with Gasteiger partial charge in [-0.15, -0.1) is 0 Å². The summed E-state index contributed by atoms with van der Waals surface area (Å²) in [6, 6.07) is 11.7. The molecule has 0 aliphatic carbocycles. The molecule has 4 nitrogen and oxygen atoms in total. The fourth-order valence-corrected chi connectivity index (χ4v) is 3.31. The number of benzene rings is 2. The summed E-state index contributed by atoms with van der Waals surface area (Å²) in [4.78, 5) is 0.0903. The zero-order valence-corrected chi connectivity index (χ0v) is 14.2. The Balaban J connectivity index is 2.01. The Morgan fingerprint density at radius 2 is 1.86 bits per heavy atom. The number of ether oxygens (including phenoxy) is 1. The topological polar surface area (TPSA) is 55.4 Å². The van der Waals surface area contributed by atoms with Crippen LogP contribution in [0.15, 0.2) is 47.4 Å². The van der Waals surface area contributed by atoms with Crippen LogP contribution in [-0.2, 0) is 16.4 Å². The number of rotatable bonds is 6. The average molecular weight is 360 g/mol. The second-order valence-electron chi connectivity index (χ2n) is 4.58. The second-order valence-corrected chi connectivity index (χ2v) is 7.16. The van der Waals surface area contributed by atoms with Crippen LogP contribution in [0.3, 0.4) is 0 Å². The van der Waals surface area contributed by atoms with E-state index in [1.807, 2.05) is 24.3 Å². The highest BCUT2D eigenvalue weighted by Crippen LogP contribution is 2.24. The molecule has 0 radical (unpaired) electrons. The van der Waals surface area contributed by atoms with E-state index in [2.05, 4.69) is 4.72 Å². The van der Waals surface area contributed by atoms with Gasteiger partial charge < -0.3 is 4.74 Å². The van der Waals surface area contributed by atoms with Crippen molar-refractivity contribution in [3.63, 3.8) is 0 Å². The summed E-state index contributed by atoms with van der Waals surface area (Å²) < 4.78 is 32.0. The zero-order valence-electron chi connectivity index (χ0n) is 11.8. The first-order chi connectivity index (χ1) is 10.4. The molecule has 0 unspecified atom stereocenters. The summed E-state index contributed by atoms with van der Waals surface area (Å²) in [5.41, 5.74) is 0.983. The molecule has 0 spiro atoms. The minimum atomic E-state index is -3.61. The lowest BCUT2D eigenvalue weighted by Gasteiger charge is -2.08. The summed E-state index contributed by atoms with van der Waals surface area (Å²) in [5.74, 6) is 0.741. The largest absolute Gasteiger partial charge is 0.497 e. The van der Waals surface area contributed by atoms with Gasteiger partial charge in [-0.1, -0.05) is 35.3 Å². The standard InChI is InChI=1S/C15H15Cl2NO3S/c1-21-12-4-2-3-11(9-12)7-8-18-22(19,20)13-5-6-14(16)15(17)10-13/h2-6,9-10,18H,7-8H2,1H3. The monoisotopic (exact) mass is 359 g/mol. The fourth-order valence-electron chi connectivity index (χ4n) is 1.89. The molecule has 0 aromatic heterocycles. The molecule has 0 fully saturated rings. The fraction of sp³-hybridized carbons (Fsp3) is 0.200. The lowest BCUT2D eigenvalue weighted by molar-refractivity contribution is 0.414. The van der Waals surface area contributed by atoms with Crippen molar-refractivity contribution in [2.45, 2.75) is 11.3 Å². The van der Waals surface area contributed by atoms with Gasteiger partial charge in [0.2, 0.25) is 10.0 Å². The van der Waals surface area contributed by atoms with Crippen molar-refractivity contribution in [3.8, 4) is 5.75 Å². The summed E-state index contributed by atoms with van der Waals surface area (Å²) in [6.45, 7) is 0.274. The van der Waals surface area contributed by atoms with Crippen LogP contribution in [0.5, 0.6) is 5.75 Å². The van der Waals surface area contributed by atoms with Gasteiger partial charge in [0.25, 0.3) is 0 Å². The highest BCUT2D eigenvalue weighted by molar-refractivity contribution is 7.89. The minimum absolute atomic E-state index is 0.0903. The predicted molar refractivity (Wildman–Crippen MR) is 88.3 cm³/mol. The van der Waals surface area contributed by atoms with Gasteiger partial charge in [-0.2, -0.15) is 0 Å². The molecule has 0 heterocycles. The molecule has 2 aromatic rings. The molecule has 0 bridgehead atoms. The first-order valence-corrected chi connectivity index (χ1v) is 8.74. The molecule has 118 valence electrons. The smallest absolute Gasteiger partial charge is 0.240 e. The number of sulfonamides is 1. The van der Waals surface area contributed by atoms with E-state index >= 15 is 0 Å². The molecular weight excluding hydrogens is 345 g/mol. The van der Waals surface area contributed by atoms with Crippen LogP contribution in [0.4, 0.5) is 0 Å². The van der Waals surface area contributed by atoms with Crippen molar-refractivity contribution in [1.29, 1.82) is 0 Å². The molecule has 1 N–H and O–H groups in total. The maximum atomic E-state index is 12.2. The van der Waals surface area contributed by atoms with E-state index in [-0.39, 0.29) is 16.5 Å². The van der Waals surface area contributed by atoms with Gasteiger partial charge in [0.05, 0.1) is 22.1 Å². The third-order valence-corrected chi connectivity index (χ3v) is 5.24. The van der Waals surface area contributed by atoms with Gasteiger partial charge in [0, 0.05) is 6.54 Å². The van der Waals surface area contributed by atoms with E-state index in [0.29, 0.717) is 11.4 Å². The Bertz CT molecular complexity index is 763. The van der Waals surface area contributed by atoms with Crippen molar-refractivity contribution in [2.24, 2.45) is 0 Å². The van der Waals surface area contributed by atoms with Crippen molar-refractivity contribution >= 4 is 33.2 Å². The quantitative estimate of drug-likeness (QED) is 0.858. The molecule has 22 heavy (non-hydrogen) atoms. The molecule has 0 atom stereocenters. The number of methoxy groups -OCH3 is 1. The van der Waals surface area contributed by atoms with Crippen molar-refractivity contribution in [2.75, 3.05) is 13.7 Å². The summed E-state index contributed by atoms with van der Waals surface area (Å²) in [6.07, 6.45) is 0.553. The third-order valence-electron chi connectivity index (χ3n) is 3.04.